The molecule has 0 fully saturated rings. The fourth-order valence-electron chi connectivity index (χ4n) is 1.58. The van der Waals surface area contributed by atoms with Gasteiger partial charge in [-0.25, -0.2) is 0 Å². The molecule has 0 aliphatic heterocycles. The fourth-order valence-corrected chi connectivity index (χ4v) is 1.58. The molecule has 0 rings (SSSR count). The van der Waals surface area contributed by atoms with Crippen LogP contribution in [0.2, 0.25) is 0 Å². The lowest BCUT2D eigenvalue weighted by atomic mass is 10.0. The lowest BCUT2D eigenvalue weighted by Gasteiger charge is -2.32. The summed E-state index contributed by atoms with van der Waals surface area (Å²) >= 11 is 0. The van der Waals surface area contributed by atoms with Gasteiger partial charge in [0, 0.05) is 6.54 Å². The zero-order valence-corrected chi connectivity index (χ0v) is 10.6. The van der Waals surface area contributed by atoms with Gasteiger partial charge in [0.05, 0.1) is 7.11 Å². The van der Waals surface area contributed by atoms with Crippen LogP contribution in [0, 0.1) is 0 Å². The summed E-state index contributed by atoms with van der Waals surface area (Å²) in [6.45, 7) is 8.74. The smallest absolute Gasteiger partial charge is 0.327 e. The molecule has 1 N–H and O–H groups in total. The van der Waals surface area contributed by atoms with E-state index in [1.165, 1.54) is 7.11 Å². The molecule has 1 atom stereocenters. The molecule has 15 heavy (non-hydrogen) atoms. The van der Waals surface area contributed by atoms with Crippen molar-refractivity contribution in [1.82, 2.24) is 10.2 Å². The van der Waals surface area contributed by atoms with E-state index in [0.29, 0.717) is 6.54 Å². The Balaban J connectivity index is 4.46. The Hall–Kier alpha value is -0.610. The first kappa shape index (κ1) is 14.4. The van der Waals surface area contributed by atoms with Crippen LogP contribution in [-0.2, 0) is 9.53 Å². The zero-order chi connectivity index (χ0) is 11.9. The van der Waals surface area contributed by atoms with E-state index in [1.807, 2.05) is 6.92 Å². The van der Waals surface area contributed by atoms with Crippen molar-refractivity contribution in [2.45, 2.75) is 32.7 Å². The maximum absolute atomic E-state index is 11.6. The van der Waals surface area contributed by atoms with E-state index < -0.39 is 5.54 Å². The molecule has 0 heterocycles. The summed E-state index contributed by atoms with van der Waals surface area (Å²) in [5.41, 5.74) is -0.611. The standard InChI is InChI=1S/C11H24N2O2/c1-6-8-13(7-2)9-11(3,12-4)10(14)15-5/h12H,6-9H2,1-5H3. The predicted octanol–water partition coefficient (Wildman–Crippen LogP) is 0.869. The minimum Gasteiger partial charge on any atom is -0.468 e. The number of esters is 1. The number of nitrogens with zero attached hydrogens (tertiary/aromatic N) is 1. The highest BCUT2D eigenvalue weighted by Crippen LogP contribution is 2.09. The SMILES string of the molecule is CCCN(CC)CC(C)(NC)C(=O)OC. The maximum Gasteiger partial charge on any atom is 0.327 e. The molecular weight excluding hydrogens is 192 g/mol. The highest BCUT2D eigenvalue weighted by Gasteiger charge is 2.33. The monoisotopic (exact) mass is 216 g/mol. The molecule has 0 radical (unpaired) electrons. The summed E-state index contributed by atoms with van der Waals surface area (Å²) in [6, 6.07) is 0. The molecule has 1 unspecified atom stereocenters. The van der Waals surface area contributed by atoms with Gasteiger partial charge in [-0.1, -0.05) is 13.8 Å². The average Bonchev–Trinajstić information content (AvgIpc) is 2.26. The molecule has 0 saturated heterocycles. The van der Waals surface area contributed by atoms with Crippen molar-refractivity contribution in [2.75, 3.05) is 33.8 Å². The molecule has 0 aliphatic rings. The van der Waals surface area contributed by atoms with Gasteiger partial charge in [0.1, 0.15) is 5.54 Å². The van der Waals surface area contributed by atoms with Gasteiger partial charge in [0.2, 0.25) is 0 Å². The Labute approximate surface area is 93.0 Å². The molecule has 0 spiro atoms. The molecule has 4 nitrogen and oxygen atoms in total. The average molecular weight is 216 g/mol. The summed E-state index contributed by atoms with van der Waals surface area (Å²) < 4.78 is 4.80. The summed E-state index contributed by atoms with van der Waals surface area (Å²) in [5, 5.41) is 3.04. The molecule has 90 valence electrons. The molecule has 0 aliphatic carbocycles. The van der Waals surface area contributed by atoms with Crippen molar-refractivity contribution >= 4 is 5.97 Å². The lowest BCUT2D eigenvalue weighted by Crippen LogP contribution is -2.56. The van der Waals surface area contributed by atoms with E-state index in [4.69, 9.17) is 4.74 Å². The number of carbonyl (C=O) groups is 1. The quantitative estimate of drug-likeness (QED) is 0.641. The normalized spacial score (nSPS) is 15.1. The maximum atomic E-state index is 11.6. The second kappa shape index (κ2) is 6.80. The highest BCUT2D eigenvalue weighted by atomic mass is 16.5. The first-order valence-electron chi connectivity index (χ1n) is 5.53. The molecule has 0 bridgehead atoms. The second-order valence-electron chi connectivity index (χ2n) is 3.94. The third-order valence-corrected chi connectivity index (χ3v) is 2.71. The third kappa shape index (κ3) is 4.18. The van der Waals surface area contributed by atoms with Crippen molar-refractivity contribution < 1.29 is 9.53 Å². The molecule has 0 aromatic carbocycles. The van der Waals surface area contributed by atoms with E-state index in [1.54, 1.807) is 7.05 Å². The van der Waals surface area contributed by atoms with Gasteiger partial charge < -0.3 is 15.0 Å². The van der Waals surface area contributed by atoms with Crippen molar-refractivity contribution in [3.63, 3.8) is 0 Å². The first-order valence-corrected chi connectivity index (χ1v) is 5.53. The molecule has 0 aromatic rings. The van der Waals surface area contributed by atoms with Crippen molar-refractivity contribution in [3.8, 4) is 0 Å². The Kier molecular flexibility index (Phi) is 6.52. The molecule has 4 heteroatoms. The van der Waals surface area contributed by atoms with Crippen LogP contribution in [0.3, 0.4) is 0 Å². The van der Waals surface area contributed by atoms with E-state index >= 15 is 0 Å². The van der Waals surface area contributed by atoms with Gasteiger partial charge in [0.15, 0.2) is 0 Å². The van der Waals surface area contributed by atoms with Gasteiger partial charge >= 0.3 is 5.97 Å². The van der Waals surface area contributed by atoms with Gasteiger partial charge in [-0.05, 0) is 33.5 Å². The van der Waals surface area contributed by atoms with Crippen LogP contribution < -0.4 is 5.32 Å². The number of nitrogens with one attached hydrogen (secondary N) is 1. The molecule has 0 amide bonds. The molecule has 0 saturated carbocycles. The van der Waals surface area contributed by atoms with Crippen LogP contribution in [0.25, 0.3) is 0 Å². The second-order valence-corrected chi connectivity index (χ2v) is 3.94. The van der Waals surface area contributed by atoms with E-state index in [2.05, 4.69) is 24.1 Å². The zero-order valence-electron chi connectivity index (χ0n) is 10.6. The molecular formula is C11H24N2O2. The summed E-state index contributed by atoms with van der Waals surface area (Å²) in [5.74, 6) is -0.209. The largest absolute Gasteiger partial charge is 0.468 e. The van der Waals surface area contributed by atoms with Crippen molar-refractivity contribution in [3.05, 3.63) is 0 Å². The minimum atomic E-state index is -0.611. The van der Waals surface area contributed by atoms with Crippen LogP contribution >= 0.6 is 0 Å². The first-order chi connectivity index (χ1) is 7.03. The minimum absolute atomic E-state index is 0.209. The summed E-state index contributed by atoms with van der Waals surface area (Å²) in [4.78, 5) is 13.9. The number of likely N-dealkylation sites (N-methyl/N-ethyl adjacent to an activating group) is 2. The summed E-state index contributed by atoms with van der Waals surface area (Å²) in [7, 11) is 3.21. The van der Waals surface area contributed by atoms with Crippen LogP contribution in [0.1, 0.15) is 27.2 Å². The van der Waals surface area contributed by atoms with Crippen molar-refractivity contribution in [2.24, 2.45) is 0 Å². The number of carbonyl (C=O) groups excluding carboxylic acids is 1. The number of hydrogen-bond acceptors (Lipinski definition) is 4. The molecule has 0 aromatic heterocycles. The van der Waals surface area contributed by atoms with E-state index in [9.17, 15) is 4.79 Å². The Bertz CT molecular complexity index is 197. The number of ether oxygens (including phenoxy) is 1. The number of hydrogen-bond donors (Lipinski definition) is 1. The summed E-state index contributed by atoms with van der Waals surface area (Å²) in [6.07, 6.45) is 1.09. The van der Waals surface area contributed by atoms with Crippen LogP contribution in [0.5, 0.6) is 0 Å². The Morgan fingerprint density at radius 3 is 2.40 bits per heavy atom. The van der Waals surface area contributed by atoms with Gasteiger partial charge in [-0.2, -0.15) is 0 Å². The number of methoxy groups -OCH3 is 1. The van der Waals surface area contributed by atoms with Crippen LogP contribution in [-0.4, -0.2) is 50.2 Å². The van der Waals surface area contributed by atoms with E-state index in [-0.39, 0.29) is 5.97 Å². The fraction of sp³-hybridized carbons (Fsp3) is 0.909. The Morgan fingerprint density at radius 1 is 1.47 bits per heavy atom. The third-order valence-electron chi connectivity index (χ3n) is 2.71. The predicted molar refractivity (Wildman–Crippen MR) is 61.9 cm³/mol. The lowest BCUT2D eigenvalue weighted by molar-refractivity contribution is -0.148. The van der Waals surface area contributed by atoms with E-state index in [0.717, 1.165) is 19.5 Å². The van der Waals surface area contributed by atoms with Crippen molar-refractivity contribution in [1.29, 1.82) is 0 Å². The topological polar surface area (TPSA) is 41.6 Å². The van der Waals surface area contributed by atoms with Gasteiger partial charge in [-0.15, -0.1) is 0 Å². The van der Waals surface area contributed by atoms with Gasteiger partial charge in [0.25, 0.3) is 0 Å². The van der Waals surface area contributed by atoms with Crippen LogP contribution in [0.4, 0.5) is 0 Å². The highest BCUT2D eigenvalue weighted by molar-refractivity contribution is 5.80. The van der Waals surface area contributed by atoms with Gasteiger partial charge in [-0.3, -0.25) is 4.79 Å². The van der Waals surface area contributed by atoms with Crippen LogP contribution in [0.15, 0.2) is 0 Å². The Morgan fingerprint density at radius 2 is 2.07 bits per heavy atom. The number of rotatable bonds is 7.